The van der Waals surface area contributed by atoms with E-state index in [9.17, 15) is 14.9 Å². The summed E-state index contributed by atoms with van der Waals surface area (Å²) in [4.78, 5) is 26.5. The summed E-state index contributed by atoms with van der Waals surface area (Å²) in [5, 5.41) is 23.7. The van der Waals surface area contributed by atoms with Crippen LogP contribution in [0, 0.1) is 10.1 Å². The van der Waals surface area contributed by atoms with E-state index in [0.29, 0.717) is 0 Å². The predicted octanol–water partition coefficient (Wildman–Crippen LogP) is -0.652. The molecule has 2 aromatic heterocycles. The zero-order valence-electron chi connectivity index (χ0n) is 9.64. The fourth-order valence-electron chi connectivity index (χ4n) is 1.25. The van der Waals surface area contributed by atoms with Crippen LogP contribution in [0.4, 0.5) is 17.5 Å². The average molecular weight is 264 g/mol. The lowest BCUT2D eigenvalue weighted by Gasteiger charge is -2.03. The van der Waals surface area contributed by atoms with Gasteiger partial charge in [-0.25, -0.2) is 4.98 Å². The number of pyridine rings is 1. The van der Waals surface area contributed by atoms with Crippen LogP contribution in [-0.2, 0) is 7.05 Å². The van der Waals surface area contributed by atoms with Gasteiger partial charge in [-0.3, -0.25) is 20.2 Å². The number of nitrogens with two attached hydrogens (primary N) is 1. The van der Waals surface area contributed by atoms with Crippen molar-refractivity contribution >= 4 is 23.4 Å². The molecule has 11 heteroatoms. The number of nitrogen functional groups attached to an aromatic ring is 1. The van der Waals surface area contributed by atoms with E-state index in [-0.39, 0.29) is 23.0 Å². The van der Waals surface area contributed by atoms with E-state index in [2.05, 4.69) is 25.7 Å². The Morgan fingerprint density at radius 1 is 1.58 bits per heavy atom. The molecule has 3 N–H and O–H groups in total. The summed E-state index contributed by atoms with van der Waals surface area (Å²) in [6.45, 7) is 0. The third-order valence-corrected chi connectivity index (χ3v) is 2.09. The van der Waals surface area contributed by atoms with Gasteiger partial charge in [-0.15, -0.1) is 5.10 Å². The van der Waals surface area contributed by atoms with Crippen LogP contribution in [-0.4, -0.2) is 36.0 Å². The fraction of sp³-hybridized carbons (Fsp3) is 0.125. The maximum absolute atomic E-state index is 11.8. The first-order valence-electron chi connectivity index (χ1n) is 4.92. The van der Waals surface area contributed by atoms with Gasteiger partial charge in [0.15, 0.2) is 0 Å². The molecule has 0 aliphatic carbocycles. The molecule has 98 valence electrons. The van der Waals surface area contributed by atoms with E-state index < -0.39 is 10.8 Å². The second-order valence-electron chi connectivity index (χ2n) is 3.44. The largest absolute Gasteiger partial charge is 0.383 e. The van der Waals surface area contributed by atoms with Gasteiger partial charge in [0.25, 0.3) is 17.5 Å². The van der Waals surface area contributed by atoms with Crippen molar-refractivity contribution in [2.75, 3.05) is 11.1 Å². The summed E-state index contributed by atoms with van der Waals surface area (Å²) in [7, 11) is 1.52. The molecule has 0 radical (unpaired) electrons. The molecule has 0 saturated heterocycles. The number of nitrogens with one attached hydrogen (secondary N) is 1. The van der Waals surface area contributed by atoms with Gasteiger partial charge in [-0.2, -0.15) is 4.80 Å². The number of hydrogen-bond donors (Lipinski definition) is 2. The number of tetrazole rings is 1. The Bertz CT molecular complexity index is 651. The molecular weight excluding hydrogens is 256 g/mol. The van der Waals surface area contributed by atoms with Crippen LogP contribution in [0.2, 0.25) is 0 Å². The molecule has 0 aliphatic rings. The number of carbonyl (C=O) groups excluding carboxylic acids is 1. The lowest BCUT2D eigenvalue weighted by Crippen LogP contribution is -2.16. The number of rotatable bonds is 3. The van der Waals surface area contributed by atoms with Crippen molar-refractivity contribution < 1.29 is 9.72 Å². The zero-order valence-corrected chi connectivity index (χ0v) is 9.64. The number of carbonyl (C=O) groups is 1. The quantitative estimate of drug-likeness (QED) is 0.547. The van der Waals surface area contributed by atoms with E-state index in [4.69, 9.17) is 5.73 Å². The highest BCUT2D eigenvalue weighted by atomic mass is 16.6. The Hall–Kier alpha value is -3.11. The highest BCUT2D eigenvalue weighted by molar-refractivity contribution is 6.06. The van der Waals surface area contributed by atoms with Crippen LogP contribution in [0.3, 0.4) is 0 Å². The molecule has 1 amide bonds. The van der Waals surface area contributed by atoms with Crippen molar-refractivity contribution in [2.45, 2.75) is 0 Å². The van der Waals surface area contributed by atoms with Crippen molar-refractivity contribution in [3.05, 3.63) is 27.9 Å². The molecule has 19 heavy (non-hydrogen) atoms. The smallest absolute Gasteiger partial charge is 0.288 e. The van der Waals surface area contributed by atoms with E-state index >= 15 is 0 Å². The molecule has 0 atom stereocenters. The van der Waals surface area contributed by atoms with Crippen LogP contribution < -0.4 is 11.1 Å². The predicted molar refractivity (Wildman–Crippen MR) is 62.1 cm³/mol. The molecule has 0 bridgehead atoms. The molecule has 2 rings (SSSR count). The fourth-order valence-corrected chi connectivity index (χ4v) is 1.25. The zero-order chi connectivity index (χ0) is 14.0. The Balaban J connectivity index is 2.27. The van der Waals surface area contributed by atoms with Gasteiger partial charge < -0.3 is 5.73 Å². The van der Waals surface area contributed by atoms with E-state index in [1.54, 1.807) is 0 Å². The summed E-state index contributed by atoms with van der Waals surface area (Å²) < 4.78 is 0. The molecule has 11 nitrogen and oxygen atoms in total. The molecule has 0 spiro atoms. The minimum Gasteiger partial charge on any atom is -0.383 e. The minimum absolute atomic E-state index is 0.0431. The molecule has 2 aromatic rings. The third kappa shape index (κ3) is 2.59. The molecule has 0 aliphatic heterocycles. The van der Waals surface area contributed by atoms with Gasteiger partial charge >= 0.3 is 0 Å². The minimum atomic E-state index is -0.707. The molecule has 0 unspecified atom stereocenters. The summed E-state index contributed by atoms with van der Waals surface area (Å²) in [5.41, 5.74) is 5.01. The van der Waals surface area contributed by atoms with Crippen LogP contribution in [0.1, 0.15) is 10.4 Å². The average Bonchev–Trinajstić information content (AvgIpc) is 2.74. The topological polar surface area (TPSA) is 155 Å². The lowest BCUT2D eigenvalue weighted by atomic mass is 10.2. The normalized spacial score (nSPS) is 10.2. The van der Waals surface area contributed by atoms with Gasteiger partial charge in [0.05, 0.1) is 17.5 Å². The summed E-state index contributed by atoms with van der Waals surface area (Å²) in [6.07, 6.45) is 0.965. The Labute approximate surface area is 105 Å². The van der Waals surface area contributed by atoms with Crippen molar-refractivity contribution in [2.24, 2.45) is 7.05 Å². The molecule has 0 saturated carbocycles. The summed E-state index contributed by atoms with van der Waals surface area (Å²) >= 11 is 0. The Morgan fingerprint density at radius 3 is 2.89 bits per heavy atom. The first kappa shape index (κ1) is 12.3. The third-order valence-electron chi connectivity index (χ3n) is 2.09. The first-order chi connectivity index (χ1) is 8.97. The van der Waals surface area contributed by atoms with E-state index in [0.717, 1.165) is 17.1 Å². The van der Waals surface area contributed by atoms with Crippen LogP contribution in [0.15, 0.2) is 12.3 Å². The van der Waals surface area contributed by atoms with Crippen LogP contribution in [0.25, 0.3) is 0 Å². The monoisotopic (exact) mass is 264 g/mol. The van der Waals surface area contributed by atoms with Crippen LogP contribution in [0.5, 0.6) is 0 Å². The Kier molecular flexibility index (Phi) is 3.01. The van der Waals surface area contributed by atoms with Crippen molar-refractivity contribution in [1.82, 2.24) is 25.2 Å². The molecule has 2 heterocycles. The van der Waals surface area contributed by atoms with Crippen molar-refractivity contribution in [1.29, 1.82) is 0 Å². The number of nitrogens with zero attached hydrogens (tertiary/aromatic N) is 6. The number of aromatic nitrogens is 5. The maximum Gasteiger partial charge on any atom is 0.288 e. The van der Waals surface area contributed by atoms with Crippen molar-refractivity contribution in [3.8, 4) is 0 Å². The maximum atomic E-state index is 11.8. The number of hydrogen-bond acceptors (Lipinski definition) is 8. The van der Waals surface area contributed by atoms with Crippen LogP contribution >= 0.6 is 0 Å². The van der Waals surface area contributed by atoms with Gasteiger partial charge in [0.1, 0.15) is 12.0 Å². The van der Waals surface area contributed by atoms with Gasteiger partial charge in [-0.1, -0.05) is 5.10 Å². The highest BCUT2D eigenvalue weighted by Gasteiger charge is 2.18. The lowest BCUT2D eigenvalue weighted by molar-refractivity contribution is -0.385. The summed E-state index contributed by atoms with van der Waals surface area (Å²) in [6, 6.07) is 1.02. The van der Waals surface area contributed by atoms with E-state index in [1.165, 1.54) is 7.05 Å². The number of amides is 1. The second kappa shape index (κ2) is 4.64. The standard InChI is InChI=1S/C8H8N8O3/c1-15-13-8(12-14-15)11-7(17)5-2-4(16(18)19)3-10-6(5)9/h2-3H,1H3,(H2,9,10)(H,11,13,17). The summed E-state index contributed by atoms with van der Waals surface area (Å²) in [5.74, 6) is -0.882. The highest BCUT2D eigenvalue weighted by Crippen LogP contribution is 2.17. The number of nitro groups is 1. The molecular formula is C8H8N8O3. The number of aryl methyl sites for hydroxylation is 1. The van der Waals surface area contributed by atoms with Crippen molar-refractivity contribution in [3.63, 3.8) is 0 Å². The van der Waals surface area contributed by atoms with Gasteiger partial charge in [0.2, 0.25) is 0 Å². The second-order valence-corrected chi connectivity index (χ2v) is 3.44. The first-order valence-corrected chi connectivity index (χ1v) is 4.92. The van der Waals surface area contributed by atoms with Gasteiger partial charge in [-0.05, 0) is 5.21 Å². The Morgan fingerprint density at radius 2 is 2.32 bits per heavy atom. The molecule has 0 aromatic carbocycles. The number of anilines is 2. The van der Waals surface area contributed by atoms with Gasteiger partial charge in [0, 0.05) is 6.07 Å². The van der Waals surface area contributed by atoms with E-state index in [1.807, 2.05) is 0 Å². The SMILES string of the molecule is Cn1nnc(NC(=O)c2cc([N+](=O)[O-])cnc2N)n1. The molecule has 0 fully saturated rings.